The number of para-hydroxylation sites is 2. The number of rotatable bonds is 4. The number of hydrogen-bond donors (Lipinski definition) is 2. The third kappa shape index (κ3) is 3.01. The molecule has 1 aromatic heterocycles. The van der Waals surface area contributed by atoms with Crippen molar-refractivity contribution in [3.05, 3.63) is 41.2 Å². The summed E-state index contributed by atoms with van der Waals surface area (Å²) >= 11 is 0. The van der Waals surface area contributed by atoms with Gasteiger partial charge in [-0.1, -0.05) is 12.1 Å². The maximum atomic E-state index is 12.7. The van der Waals surface area contributed by atoms with Crippen molar-refractivity contribution in [3.8, 4) is 5.75 Å². The number of aryl methyl sites for hydroxylation is 1. The molecule has 1 fully saturated rings. The van der Waals surface area contributed by atoms with E-state index in [0.717, 1.165) is 50.0 Å². The minimum Gasteiger partial charge on any atom is -0.486 e. The van der Waals surface area contributed by atoms with E-state index in [0.29, 0.717) is 23.7 Å². The molecule has 1 saturated heterocycles. The molecule has 1 aliphatic carbocycles. The Kier molecular flexibility index (Phi) is 4.21. The zero-order valence-corrected chi connectivity index (χ0v) is 13.5. The molecule has 24 heavy (non-hydrogen) atoms. The highest BCUT2D eigenvalue weighted by atomic mass is 16.5. The summed E-state index contributed by atoms with van der Waals surface area (Å²) in [6, 6.07) is 7.50. The van der Waals surface area contributed by atoms with Crippen molar-refractivity contribution in [2.45, 2.75) is 38.2 Å². The Morgan fingerprint density at radius 1 is 1.29 bits per heavy atom. The van der Waals surface area contributed by atoms with Gasteiger partial charge in [0.2, 0.25) is 0 Å². The Labute approximate surface area is 140 Å². The second kappa shape index (κ2) is 6.65. The Morgan fingerprint density at radius 2 is 2.17 bits per heavy atom. The molecule has 1 amide bonds. The molecule has 6 nitrogen and oxygen atoms in total. The average Bonchev–Trinajstić information content (AvgIpc) is 3.26. The fourth-order valence-electron chi connectivity index (χ4n) is 3.31. The van der Waals surface area contributed by atoms with Crippen molar-refractivity contribution < 1.29 is 14.3 Å². The second-order valence-electron chi connectivity index (χ2n) is 6.29. The first-order valence-electron chi connectivity index (χ1n) is 8.52. The van der Waals surface area contributed by atoms with Gasteiger partial charge in [-0.2, -0.15) is 5.10 Å². The minimum atomic E-state index is -0.187. The number of hydrogen-bond acceptors (Lipinski definition) is 4. The molecule has 2 aliphatic rings. The van der Waals surface area contributed by atoms with Gasteiger partial charge in [0.1, 0.15) is 11.9 Å². The molecule has 0 unspecified atom stereocenters. The highest BCUT2D eigenvalue weighted by Crippen LogP contribution is 2.28. The highest BCUT2D eigenvalue weighted by Gasteiger charge is 2.23. The lowest BCUT2D eigenvalue weighted by Crippen LogP contribution is -2.19. The van der Waals surface area contributed by atoms with Crippen LogP contribution in [0.15, 0.2) is 24.3 Å². The van der Waals surface area contributed by atoms with Gasteiger partial charge in [-0.05, 0) is 37.8 Å². The molecule has 2 aromatic rings. The van der Waals surface area contributed by atoms with Crippen LogP contribution < -0.4 is 10.1 Å². The number of carbonyl (C=O) groups is 1. The summed E-state index contributed by atoms with van der Waals surface area (Å²) in [6.07, 6.45) is 5.05. The van der Waals surface area contributed by atoms with Crippen LogP contribution in [0.3, 0.4) is 0 Å². The number of aromatic nitrogens is 2. The van der Waals surface area contributed by atoms with Gasteiger partial charge in [0.05, 0.1) is 18.9 Å². The van der Waals surface area contributed by atoms with Gasteiger partial charge >= 0.3 is 0 Å². The standard InChI is InChI=1S/C18H21N3O3/c22-18(17-13-5-1-2-6-14(13)20-21-17)19-15-7-3-4-8-16(15)24-12-9-10-23-11-12/h3-4,7-8,12H,1-2,5-6,9-11H2,(H,19,22)(H,20,21)/t12-/m0/s1. The van der Waals surface area contributed by atoms with Gasteiger partial charge in [0.25, 0.3) is 5.91 Å². The molecule has 4 rings (SSSR count). The maximum absolute atomic E-state index is 12.7. The third-order valence-corrected chi connectivity index (χ3v) is 4.59. The molecule has 0 saturated carbocycles. The minimum absolute atomic E-state index is 0.0428. The fourth-order valence-corrected chi connectivity index (χ4v) is 3.31. The first-order chi connectivity index (χ1) is 11.8. The van der Waals surface area contributed by atoms with E-state index in [2.05, 4.69) is 15.5 Å². The summed E-state index contributed by atoms with van der Waals surface area (Å²) in [4.78, 5) is 12.7. The predicted octanol–water partition coefficient (Wildman–Crippen LogP) is 2.71. The van der Waals surface area contributed by atoms with E-state index >= 15 is 0 Å². The molecule has 1 aliphatic heterocycles. The third-order valence-electron chi connectivity index (χ3n) is 4.59. The predicted molar refractivity (Wildman–Crippen MR) is 89.5 cm³/mol. The van der Waals surface area contributed by atoms with Gasteiger partial charge in [-0.15, -0.1) is 0 Å². The molecule has 0 radical (unpaired) electrons. The van der Waals surface area contributed by atoms with Crippen LogP contribution in [0.1, 0.15) is 41.0 Å². The average molecular weight is 327 g/mol. The normalized spacial score (nSPS) is 19.8. The van der Waals surface area contributed by atoms with Crippen molar-refractivity contribution in [2.75, 3.05) is 18.5 Å². The largest absolute Gasteiger partial charge is 0.486 e. The SMILES string of the molecule is O=C(Nc1ccccc1O[C@H]1CCOC1)c1n[nH]c2c1CCCC2. The van der Waals surface area contributed by atoms with Gasteiger partial charge < -0.3 is 14.8 Å². The number of nitrogens with one attached hydrogen (secondary N) is 2. The molecule has 1 atom stereocenters. The first-order valence-corrected chi connectivity index (χ1v) is 8.52. The van der Waals surface area contributed by atoms with E-state index in [4.69, 9.17) is 9.47 Å². The molecule has 2 heterocycles. The van der Waals surface area contributed by atoms with E-state index in [-0.39, 0.29) is 12.0 Å². The van der Waals surface area contributed by atoms with Gasteiger partial charge in [-0.3, -0.25) is 9.89 Å². The molecule has 1 aromatic carbocycles. The molecule has 6 heteroatoms. The van der Waals surface area contributed by atoms with Crippen molar-refractivity contribution in [1.29, 1.82) is 0 Å². The fraction of sp³-hybridized carbons (Fsp3) is 0.444. The number of amides is 1. The summed E-state index contributed by atoms with van der Waals surface area (Å²) in [5.41, 5.74) is 3.33. The topological polar surface area (TPSA) is 76.2 Å². The van der Waals surface area contributed by atoms with Crippen molar-refractivity contribution in [2.24, 2.45) is 0 Å². The van der Waals surface area contributed by atoms with E-state index in [9.17, 15) is 4.79 Å². The first kappa shape index (κ1) is 15.2. The van der Waals surface area contributed by atoms with Crippen LogP contribution >= 0.6 is 0 Å². The van der Waals surface area contributed by atoms with E-state index in [1.54, 1.807) is 0 Å². The number of nitrogens with zero attached hydrogens (tertiary/aromatic N) is 1. The molecule has 126 valence electrons. The Hall–Kier alpha value is -2.34. The molecular weight excluding hydrogens is 306 g/mol. The van der Waals surface area contributed by atoms with Crippen LogP contribution in [0, 0.1) is 0 Å². The summed E-state index contributed by atoms with van der Waals surface area (Å²) in [5.74, 6) is 0.485. The Morgan fingerprint density at radius 3 is 3.04 bits per heavy atom. The molecular formula is C18H21N3O3. The zero-order chi connectivity index (χ0) is 16.4. The van der Waals surface area contributed by atoms with Crippen LogP contribution in [0.25, 0.3) is 0 Å². The lowest BCUT2D eigenvalue weighted by molar-refractivity contribution is 0.102. The monoisotopic (exact) mass is 327 g/mol. The van der Waals surface area contributed by atoms with Gasteiger partial charge in [-0.25, -0.2) is 0 Å². The smallest absolute Gasteiger partial charge is 0.276 e. The number of anilines is 1. The number of benzene rings is 1. The van der Waals surface area contributed by atoms with E-state index < -0.39 is 0 Å². The number of carbonyl (C=O) groups excluding carboxylic acids is 1. The molecule has 2 N–H and O–H groups in total. The van der Waals surface area contributed by atoms with Crippen LogP contribution in [0.5, 0.6) is 5.75 Å². The summed E-state index contributed by atoms with van der Waals surface area (Å²) in [7, 11) is 0. The summed E-state index contributed by atoms with van der Waals surface area (Å²) in [6.45, 7) is 1.31. The van der Waals surface area contributed by atoms with Crippen molar-refractivity contribution in [1.82, 2.24) is 10.2 Å². The van der Waals surface area contributed by atoms with Gasteiger partial charge in [0.15, 0.2) is 5.69 Å². The number of fused-ring (bicyclic) bond motifs is 1. The quantitative estimate of drug-likeness (QED) is 0.905. The number of ether oxygens (including phenoxy) is 2. The second-order valence-corrected chi connectivity index (χ2v) is 6.29. The highest BCUT2D eigenvalue weighted by molar-refractivity contribution is 6.04. The van der Waals surface area contributed by atoms with Crippen molar-refractivity contribution in [3.63, 3.8) is 0 Å². The van der Waals surface area contributed by atoms with Crippen LogP contribution in [-0.2, 0) is 17.6 Å². The lowest BCUT2D eigenvalue weighted by Gasteiger charge is -2.16. The van der Waals surface area contributed by atoms with E-state index in [1.165, 1.54) is 0 Å². The zero-order valence-electron chi connectivity index (χ0n) is 13.5. The van der Waals surface area contributed by atoms with Crippen molar-refractivity contribution >= 4 is 11.6 Å². The Bertz CT molecular complexity index is 735. The molecule has 0 bridgehead atoms. The van der Waals surface area contributed by atoms with Gasteiger partial charge in [0, 0.05) is 17.7 Å². The van der Waals surface area contributed by atoms with Crippen LogP contribution in [-0.4, -0.2) is 35.4 Å². The summed E-state index contributed by atoms with van der Waals surface area (Å²) < 4.78 is 11.3. The van der Waals surface area contributed by atoms with E-state index in [1.807, 2.05) is 24.3 Å². The molecule has 0 spiro atoms. The van der Waals surface area contributed by atoms with Crippen LogP contribution in [0.4, 0.5) is 5.69 Å². The summed E-state index contributed by atoms with van der Waals surface area (Å²) in [5, 5.41) is 10.2. The maximum Gasteiger partial charge on any atom is 0.276 e. The number of aromatic amines is 1. The van der Waals surface area contributed by atoms with Crippen LogP contribution in [0.2, 0.25) is 0 Å². The Balaban J connectivity index is 1.52. The number of H-pyrrole nitrogens is 1. The lowest BCUT2D eigenvalue weighted by atomic mass is 9.96.